The van der Waals surface area contributed by atoms with Gasteiger partial charge in [-0.05, 0) is 13.3 Å². The van der Waals surface area contributed by atoms with E-state index >= 15 is 0 Å². The van der Waals surface area contributed by atoms with Gasteiger partial charge in [0.15, 0.2) is 0 Å². The van der Waals surface area contributed by atoms with Crippen LogP contribution >= 0.6 is 11.6 Å². The first kappa shape index (κ1) is 12.2. The Kier molecular flexibility index (Phi) is 5.13. The fraction of sp³-hybridized carbons (Fsp3) is 1.00. The monoisotopic (exact) mass is 213 g/mol. The highest BCUT2D eigenvalue weighted by molar-refractivity contribution is 7.89. The fourth-order valence-corrected chi connectivity index (χ4v) is 2.49. The van der Waals surface area contributed by atoms with E-state index in [-0.39, 0.29) is 11.8 Å². The average molecular weight is 214 g/mol. The maximum atomic E-state index is 11.4. The van der Waals surface area contributed by atoms with Crippen molar-refractivity contribution in [2.75, 3.05) is 18.7 Å². The molecule has 0 aromatic rings. The lowest BCUT2D eigenvalue weighted by atomic mass is 10.4. The first-order valence-electron chi connectivity index (χ1n) is 3.97. The Hall–Kier alpha value is 0.200. The summed E-state index contributed by atoms with van der Waals surface area (Å²) in [7, 11) is -1.51. The van der Waals surface area contributed by atoms with Gasteiger partial charge in [0.1, 0.15) is 0 Å². The van der Waals surface area contributed by atoms with E-state index in [4.69, 9.17) is 11.6 Å². The maximum absolute atomic E-state index is 11.4. The first-order chi connectivity index (χ1) is 5.45. The Bertz CT molecular complexity index is 215. The molecule has 5 heteroatoms. The van der Waals surface area contributed by atoms with Gasteiger partial charge >= 0.3 is 0 Å². The minimum atomic E-state index is -3.07. The molecule has 0 heterocycles. The summed E-state index contributed by atoms with van der Waals surface area (Å²) in [6, 6.07) is -0.122. The van der Waals surface area contributed by atoms with E-state index in [9.17, 15) is 8.42 Å². The van der Waals surface area contributed by atoms with Crippen LogP contribution in [0, 0.1) is 0 Å². The van der Waals surface area contributed by atoms with E-state index in [0.717, 1.165) is 0 Å². The van der Waals surface area contributed by atoms with E-state index < -0.39 is 10.0 Å². The molecule has 0 radical (unpaired) electrons. The zero-order valence-corrected chi connectivity index (χ0v) is 9.32. The minimum Gasteiger partial charge on any atom is -0.212 e. The van der Waals surface area contributed by atoms with E-state index in [1.165, 1.54) is 4.31 Å². The Morgan fingerprint density at radius 1 is 1.50 bits per heavy atom. The number of alkyl halides is 1. The Morgan fingerprint density at radius 2 is 2.00 bits per heavy atom. The summed E-state index contributed by atoms with van der Waals surface area (Å²) >= 11 is 5.55. The molecule has 1 atom stereocenters. The third-order valence-electron chi connectivity index (χ3n) is 1.74. The van der Waals surface area contributed by atoms with Crippen molar-refractivity contribution in [3.63, 3.8) is 0 Å². The van der Waals surface area contributed by atoms with Crippen LogP contribution in [0.15, 0.2) is 0 Å². The SMILES string of the molecule is CCCS(=O)(=O)N(C)C(C)CCl. The summed E-state index contributed by atoms with van der Waals surface area (Å²) in [5, 5.41) is 0. The smallest absolute Gasteiger partial charge is 0.212 e. The van der Waals surface area contributed by atoms with Gasteiger partial charge in [-0.1, -0.05) is 6.92 Å². The molecule has 0 aromatic heterocycles. The first-order valence-corrected chi connectivity index (χ1v) is 6.11. The second kappa shape index (κ2) is 5.04. The average Bonchev–Trinajstić information content (AvgIpc) is 2.01. The summed E-state index contributed by atoms with van der Waals surface area (Å²) < 4.78 is 24.1. The maximum Gasteiger partial charge on any atom is 0.214 e. The van der Waals surface area contributed by atoms with E-state index in [2.05, 4.69) is 0 Å². The molecule has 0 N–H and O–H groups in total. The zero-order valence-electron chi connectivity index (χ0n) is 7.75. The topological polar surface area (TPSA) is 37.4 Å². The molecule has 0 amide bonds. The van der Waals surface area contributed by atoms with Gasteiger partial charge < -0.3 is 0 Å². The van der Waals surface area contributed by atoms with Crippen molar-refractivity contribution in [3.05, 3.63) is 0 Å². The molecule has 74 valence electrons. The van der Waals surface area contributed by atoms with E-state index in [0.29, 0.717) is 12.3 Å². The van der Waals surface area contributed by atoms with E-state index in [1.807, 2.05) is 6.92 Å². The number of halogens is 1. The third kappa shape index (κ3) is 3.29. The summed E-state index contributed by atoms with van der Waals surface area (Å²) in [4.78, 5) is 0. The molecule has 0 bridgehead atoms. The predicted octanol–water partition coefficient (Wildman–Crippen LogP) is 1.29. The summed E-state index contributed by atoms with van der Waals surface area (Å²) in [5.74, 6) is 0.532. The molecule has 0 saturated carbocycles. The molecule has 0 aliphatic rings. The molecule has 0 rings (SSSR count). The highest BCUT2D eigenvalue weighted by Crippen LogP contribution is 2.06. The van der Waals surface area contributed by atoms with Gasteiger partial charge in [0.25, 0.3) is 0 Å². The molecule has 1 unspecified atom stereocenters. The number of nitrogens with zero attached hydrogens (tertiary/aromatic N) is 1. The lowest BCUT2D eigenvalue weighted by molar-refractivity contribution is 0.413. The lowest BCUT2D eigenvalue weighted by Crippen LogP contribution is -2.37. The number of rotatable bonds is 5. The Labute approximate surface area is 79.8 Å². The van der Waals surface area contributed by atoms with Gasteiger partial charge in [0.2, 0.25) is 10.0 Å². The van der Waals surface area contributed by atoms with Crippen molar-refractivity contribution in [2.45, 2.75) is 26.3 Å². The Balaban J connectivity index is 4.35. The third-order valence-corrected chi connectivity index (χ3v) is 4.35. The quantitative estimate of drug-likeness (QED) is 0.646. The molecule has 0 spiro atoms. The molecule has 0 aromatic carbocycles. The van der Waals surface area contributed by atoms with Crippen LogP contribution in [0.1, 0.15) is 20.3 Å². The molecule has 0 aliphatic heterocycles. The second-order valence-electron chi connectivity index (χ2n) is 2.84. The molecule has 3 nitrogen and oxygen atoms in total. The highest BCUT2D eigenvalue weighted by Gasteiger charge is 2.20. The molecule has 0 saturated heterocycles. The molecule has 0 fully saturated rings. The molecular formula is C7H16ClNO2S. The van der Waals surface area contributed by atoms with Crippen LogP contribution in [-0.2, 0) is 10.0 Å². The van der Waals surface area contributed by atoms with Crippen LogP contribution < -0.4 is 0 Å². The van der Waals surface area contributed by atoms with Gasteiger partial charge in [-0.25, -0.2) is 12.7 Å². The van der Waals surface area contributed by atoms with Gasteiger partial charge in [0.05, 0.1) is 5.75 Å². The molecule has 0 aliphatic carbocycles. The van der Waals surface area contributed by atoms with Crippen LogP contribution in [0.2, 0.25) is 0 Å². The normalized spacial score (nSPS) is 15.1. The highest BCUT2D eigenvalue weighted by atomic mass is 35.5. The van der Waals surface area contributed by atoms with Crippen molar-refractivity contribution < 1.29 is 8.42 Å². The minimum absolute atomic E-state index is 0.122. The lowest BCUT2D eigenvalue weighted by Gasteiger charge is -2.21. The van der Waals surface area contributed by atoms with Gasteiger partial charge in [-0.3, -0.25) is 0 Å². The van der Waals surface area contributed by atoms with Gasteiger partial charge in [-0.2, -0.15) is 0 Å². The van der Waals surface area contributed by atoms with Crippen molar-refractivity contribution >= 4 is 21.6 Å². The summed E-state index contributed by atoms with van der Waals surface area (Å²) in [6.07, 6.45) is 0.641. The zero-order chi connectivity index (χ0) is 9.78. The van der Waals surface area contributed by atoms with Crippen LogP contribution in [0.4, 0.5) is 0 Å². The van der Waals surface area contributed by atoms with Crippen LogP contribution in [-0.4, -0.2) is 37.4 Å². The van der Waals surface area contributed by atoms with Crippen molar-refractivity contribution in [3.8, 4) is 0 Å². The summed E-state index contributed by atoms with van der Waals surface area (Å²) in [5.41, 5.74) is 0. The van der Waals surface area contributed by atoms with Crippen LogP contribution in [0.3, 0.4) is 0 Å². The number of sulfonamides is 1. The fourth-order valence-electron chi connectivity index (χ4n) is 0.773. The van der Waals surface area contributed by atoms with Gasteiger partial charge in [0, 0.05) is 19.0 Å². The molecular weight excluding hydrogens is 198 g/mol. The second-order valence-corrected chi connectivity index (χ2v) is 5.29. The standard InChI is InChI=1S/C7H16ClNO2S/c1-4-5-12(10,11)9(3)7(2)6-8/h7H,4-6H2,1-3H3. The largest absolute Gasteiger partial charge is 0.214 e. The summed E-state index contributed by atoms with van der Waals surface area (Å²) in [6.45, 7) is 3.64. The van der Waals surface area contributed by atoms with Gasteiger partial charge in [-0.15, -0.1) is 11.6 Å². The predicted molar refractivity (Wildman–Crippen MR) is 52.0 cm³/mol. The van der Waals surface area contributed by atoms with Crippen LogP contribution in [0.25, 0.3) is 0 Å². The molecule has 12 heavy (non-hydrogen) atoms. The van der Waals surface area contributed by atoms with Crippen molar-refractivity contribution in [1.29, 1.82) is 0 Å². The van der Waals surface area contributed by atoms with Crippen molar-refractivity contribution in [1.82, 2.24) is 4.31 Å². The van der Waals surface area contributed by atoms with Crippen LogP contribution in [0.5, 0.6) is 0 Å². The number of hydrogen-bond acceptors (Lipinski definition) is 2. The van der Waals surface area contributed by atoms with Crippen molar-refractivity contribution in [2.24, 2.45) is 0 Å². The number of hydrogen-bond donors (Lipinski definition) is 0. The van der Waals surface area contributed by atoms with E-state index in [1.54, 1.807) is 14.0 Å². The Morgan fingerprint density at radius 3 is 2.33 bits per heavy atom.